The van der Waals surface area contributed by atoms with Crippen molar-refractivity contribution in [3.8, 4) is 5.75 Å². The summed E-state index contributed by atoms with van der Waals surface area (Å²) < 4.78 is 0. The number of hydrogen-bond donors (Lipinski definition) is 18. The van der Waals surface area contributed by atoms with Crippen LogP contribution in [0.25, 0.3) is 0 Å². The highest BCUT2D eigenvalue weighted by molar-refractivity contribution is 5.98. The number of aromatic hydroxyl groups is 1. The second-order valence-corrected chi connectivity index (χ2v) is 20.2. The summed E-state index contributed by atoms with van der Waals surface area (Å²) >= 11 is 0. The van der Waals surface area contributed by atoms with Gasteiger partial charge in [0.1, 0.15) is 60.1 Å². The highest BCUT2D eigenvalue weighted by atomic mass is 16.4. The number of amides is 9. The Hall–Kier alpha value is -8.32. The number of aliphatic hydroxyl groups excluding tert-OH is 2. The number of nitrogens with one attached hydrogen (secondary N) is 9. The van der Waals surface area contributed by atoms with E-state index in [9.17, 15) is 88.2 Å². The molecule has 30 heteroatoms. The SMILES string of the molecule is CC(C)[C@H](NC(=O)[C@H](CCC(=O)O)NC(=O)[C@H](CO)NC(=O)[C@H](Cc1ccccc1)NC(=O)[C@H](CCCCN)NC(=O)CNC(=O)[C@H](Cc1ccc(O)cc1)NC(=O)[C@H](CCCCN)NC(=O)[C@H](CCC(=O)O)NC(=O)[C@@H](N)[C@@H](C)O)C(=O)O. The van der Waals surface area contributed by atoms with Crippen LogP contribution in [-0.4, -0.2) is 188 Å². The van der Waals surface area contributed by atoms with Crippen molar-refractivity contribution >= 4 is 71.1 Å². The van der Waals surface area contributed by atoms with E-state index in [4.69, 9.17) is 17.2 Å². The van der Waals surface area contributed by atoms with Crippen LogP contribution < -0.4 is 65.1 Å². The molecule has 84 heavy (non-hydrogen) atoms. The number of carboxylic acids is 3. The first-order chi connectivity index (χ1) is 39.7. The molecule has 0 aromatic heterocycles. The van der Waals surface area contributed by atoms with Gasteiger partial charge in [0.2, 0.25) is 53.2 Å². The summed E-state index contributed by atoms with van der Waals surface area (Å²) in [4.78, 5) is 158. The van der Waals surface area contributed by atoms with Crippen molar-refractivity contribution in [2.45, 2.75) is 158 Å². The molecule has 2 aromatic rings. The van der Waals surface area contributed by atoms with Crippen LogP contribution in [0.4, 0.5) is 0 Å². The molecular formula is C54H82N12O18. The van der Waals surface area contributed by atoms with Crippen LogP contribution in [0.1, 0.15) is 96.1 Å². The van der Waals surface area contributed by atoms with Crippen molar-refractivity contribution in [1.82, 2.24) is 47.9 Å². The number of rotatable bonds is 40. The summed E-state index contributed by atoms with van der Waals surface area (Å²) in [5, 5.41) is 80.1. The number of nitrogens with two attached hydrogens (primary N) is 3. The zero-order valence-corrected chi connectivity index (χ0v) is 47.2. The maximum atomic E-state index is 14.2. The molecule has 30 nitrogen and oxygen atoms in total. The van der Waals surface area contributed by atoms with Gasteiger partial charge in [-0.05, 0) is 101 Å². The van der Waals surface area contributed by atoms with E-state index in [1.807, 2.05) is 0 Å². The van der Waals surface area contributed by atoms with E-state index in [0.717, 1.165) is 0 Å². The predicted octanol–water partition coefficient (Wildman–Crippen LogP) is -4.40. The summed E-state index contributed by atoms with van der Waals surface area (Å²) in [6.45, 7) is 2.73. The number of phenolic OH excluding ortho intramolecular Hbond substituents is 1. The number of unbranched alkanes of at least 4 members (excludes halogenated alkanes) is 2. The summed E-state index contributed by atoms with van der Waals surface area (Å²) in [5.41, 5.74) is 18.1. The molecule has 466 valence electrons. The van der Waals surface area contributed by atoms with Gasteiger partial charge in [-0.1, -0.05) is 56.3 Å². The fraction of sp³-hybridized carbons (Fsp3) is 0.556. The lowest BCUT2D eigenvalue weighted by atomic mass is 10.0. The number of aliphatic carboxylic acids is 3. The summed E-state index contributed by atoms with van der Waals surface area (Å²) in [6, 6.07) is -0.0463. The van der Waals surface area contributed by atoms with Crippen molar-refractivity contribution in [3.63, 3.8) is 0 Å². The van der Waals surface area contributed by atoms with Crippen LogP contribution in [-0.2, 0) is 70.4 Å². The zero-order valence-electron chi connectivity index (χ0n) is 47.2. The molecular weight excluding hydrogens is 1100 g/mol. The molecule has 0 fully saturated rings. The number of hydrogen-bond acceptors (Lipinski definition) is 18. The van der Waals surface area contributed by atoms with E-state index >= 15 is 0 Å². The fourth-order valence-electron chi connectivity index (χ4n) is 8.08. The predicted molar refractivity (Wildman–Crippen MR) is 299 cm³/mol. The van der Waals surface area contributed by atoms with Crippen molar-refractivity contribution in [2.24, 2.45) is 23.1 Å². The molecule has 0 aliphatic heterocycles. The maximum absolute atomic E-state index is 14.2. The monoisotopic (exact) mass is 1190 g/mol. The molecule has 0 saturated carbocycles. The Morgan fingerprint density at radius 1 is 0.476 bits per heavy atom. The lowest BCUT2D eigenvalue weighted by Crippen LogP contribution is -2.60. The normalized spacial score (nSPS) is 14.6. The van der Waals surface area contributed by atoms with Crippen LogP contribution in [0.3, 0.4) is 0 Å². The first-order valence-electron chi connectivity index (χ1n) is 27.3. The van der Waals surface area contributed by atoms with Gasteiger partial charge in [0.05, 0.1) is 19.3 Å². The summed E-state index contributed by atoms with van der Waals surface area (Å²) in [7, 11) is 0. The molecule has 0 saturated heterocycles. The number of carbonyl (C=O) groups is 12. The van der Waals surface area contributed by atoms with E-state index in [0.29, 0.717) is 24.0 Å². The van der Waals surface area contributed by atoms with Crippen LogP contribution in [0.15, 0.2) is 54.6 Å². The Morgan fingerprint density at radius 2 is 0.869 bits per heavy atom. The number of carboxylic acid groups (broad SMARTS) is 3. The zero-order chi connectivity index (χ0) is 63.1. The quantitative estimate of drug-likeness (QED) is 0.0280. The molecule has 0 radical (unpaired) electrons. The molecule has 0 bridgehead atoms. The van der Waals surface area contributed by atoms with Crippen LogP contribution in [0.5, 0.6) is 5.75 Å². The van der Waals surface area contributed by atoms with Gasteiger partial charge < -0.3 is 95.7 Å². The van der Waals surface area contributed by atoms with Crippen molar-refractivity contribution in [1.29, 1.82) is 0 Å². The Bertz CT molecular complexity index is 2520. The van der Waals surface area contributed by atoms with Gasteiger partial charge in [-0.3, -0.25) is 52.7 Å². The fourth-order valence-corrected chi connectivity index (χ4v) is 8.08. The third kappa shape index (κ3) is 26.7. The molecule has 9 amide bonds. The minimum atomic E-state index is -1.82. The molecule has 0 spiro atoms. The largest absolute Gasteiger partial charge is 0.508 e. The first kappa shape index (κ1) is 71.8. The Balaban J connectivity index is 2.43. The van der Waals surface area contributed by atoms with Gasteiger partial charge in [-0.15, -0.1) is 0 Å². The lowest BCUT2D eigenvalue weighted by molar-refractivity contribution is -0.144. The number of phenols is 1. The Kier molecular flexibility index (Phi) is 32.2. The number of aliphatic hydroxyl groups is 2. The maximum Gasteiger partial charge on any atom is 0.326 e. The van der Waals surface area contributed by atoms with E-state index in [-0.39, 0.29) is 57.4 Å². The average molecular weight is 1190 g/mol. The number of benzene rings is 2. The molecule has 0 aliphatic rings. The molecule has 2 rings (SSSR count). The second kappa shape index (κ2) is 37.7. The number of carbonyl (C=O) groups excluding carboxylic acids is 9. The average Bonchev–Trinajstić information content (AvgIpc) is 3.61. The van der Waals surface area contributed by atoms with Crippen LogP contribution in [0.2, 0.25) is 0 Å². The molecule has 0 aliphatic carbocycles. The smallest absolute Gasteiger partial charge is 0.326 e. The van der Waals surface area contributed by atoms with Gasteiger partial charge in [-0.25, -0.2) is 4.79 Å². The minimum Gasteiger partial charge on any atom is -0.508 e. The third-order valence-corrected chi connectivity index (χ3v) is 13.0. The second-order valence-electron chi connectivity index (χ2n) is 20.2. The lowest BCUT2D eigenvalue weighted by Gasteiger charge is -2.27. The Labute approximate surface area is 484 Å². The van der Waals surface area contributed by atoms with E-state index in [1.54, 1.807) is 30.3 Å². The van der Waals surface area contributed by atoms with Gasteiger partial charge in [-0.2, -0.15) is 0 Å². The van der Waals surface area contributed by atoms with Gasteiger partial charge in [0, 0.05) is 25.7 Å². The van der Waals surface area contributed by atoms with Gasteiger partial charge >= 0.3 is 17.9 Å². The summed E-state index contributed by atoms with van der Waals surface area (Å²) in [5.74, 6) is -13.8. The van der Waals surface area contributed by atoms with E-state index in [1.165, 1.54) is 45.0 Å². The molecule has 0 heterocycles. The van der Waals surface area contributed by atoms with E-state index < -0.39 is 176 Å². The topological polar surface area (TPSA) is 513 Å². The molecule has 0 unspecified atom stereocenters. The Morgan fingerprint density at radius 3 is 1.31 bits per heavy atom. The van der Waals surface area contributed by atoms with E-state index in [2.05, 4.69) is 47.9 Å². The van der Waals surface area contributed by atoms with Gasteiger partial charge in [0.15, 0.2) is 0 Å². The van der Waals surface area contributed by atoms with Gasteiger partial charge in [0.25, 0.3) is 0 Å². The van der Waals surface area contributed by atoms with Crippen LogP contribution in [0, 0.1) is 5.92 Å². The molecule has 10 atom stereocenters. The summed E-state index contributed by atoms with van der Waals surface area (Å²) in [6.07, 6.45) is -2.89. The third-order valence-electron chi connectivity index (χ3n) is 13.0. The highest BCUT2D eigenvalue weighted by Gasteiger charge is 2.35. The molecule has 2 aromatic carbocycles. The standard InChI is InChI=1S/C54H82N12O18/c1-29(2)45(54(83)84)66-50(79)37(20-22-43(73)74)61-52(81)40(28-67)65-51(80)39(25-31-11-5-4-6-12-31)64-47(76)34(13-7-9-23-55)59-41(70)27-58-46(75)38(26-32-15-17-33(69)18-16-32)63-48(77)35(14-8-10-24-56)60-49(78)36(19-21-42(71)72)62-53(82)44(57)30(3)68/h4-6,11-12,15-18,29-30,34-40,44-45,67-69H,7-10,13-14,19-28,55-57H2,1-3H3,(H,58,75)(H,59,70)(H,60,78)(H,61,81)(H,62,82)(H,63,77)(H,64,76)(H,65,80)(H,66,79)(H,71,72)(H,73,74)(H,83,84)/t30-,34+,35+,36+,37+,38+,39+,40+,44+,45+/m1/s1. The van der Waals surface area contributed by atoms with Crippen molar-refractivity contribution < 1.29 is 88.2 Å². The minimum absolute atomic E-state index is 0.0611. The van der Waals surface area contributed by atoms with Crippen molar-refractivity contribution in [3.05, 3.63) is 65.7 Å². The van der Waals surface area contributed by atoms with Crippen LogP contribution >= 0.6 is 0 Å². The first-order valence-corrected chi connectivity index (χ1v) is 27.3. The highest BCUT2D eigenvalue weighted by Crippen LogP contribution is 2.14. The van der Waals surface area contributed by atoms with Crippen molar-refractivity contribution in [2.75, 3.05) is 26.2 Å². The molecule has 21 N–H and O–H groups in total.